The molecule has 0 aromatic carbocycles. The second-order valence-corrected chi connectivity index (χ2v) is 18.0. The third-order valence-electron chi connectivity index (χ3n) is 5.73. The highest BCUT2D eigenvalue weighted by atomic mass is 79.9. The summed E-state index contributed by atoms with van der Waals surface area (Å²) >= 11 is 6.94. The molecule has 0 rings (SSSR count). The van der Waals surface area contributed by atoms with Gasteiger partial charge in [-0.25, -0.2) is 0 Å². The van der Waals surface area contributed by atoms with Crippen molar-refractivity contribution in [3.05, 3.63) is 0 Å². The number of rotatable bonds is 20. The van der Waals surface area contributed by atoms with Crippen LogP contribution in [0.3, 0.4) is 0 Å². The van der Waals surface area contributed by atoms with Gasteiger partial charge in [0.25, 0.3) is 0 Å². The van der Waals surface area contributed by atoms with Crippen molar-refractivity contribution in [1.29, 1.82) is 0 Å². The first-order valence-electron chi connectivity index (χ1n) is 11.4. The lowest BCUT2D eigenvalue weighted by Gasteiger charge is -2.26. The largest absolute Gasteiger partial charge is 0.500 e. The highest BCUT2D eigenvalue weighted by molar-refractivity contribution is 9.10. The lowest BCUT2D eigenvalue weighted by atomic mass is 9.98. The zero-order valence-corrected chi connectivity index (χ0v) is 27.4. The lowest BCUT2D eigenvalue weighted by Crippen LogP contribution is -2.43. The van der Waals surface area contributed by atoms with Gasteiger partial charge in [0.05, 0.1) is 13.2 Å². The topological polar surface area (TPSA) is 108 Å². The van der Waals surface area contributed by atoms with Crippen molar-refractivity contribution in [2.75, 3.05) is 55.9 Å². The number of ether oxygens (including phenoxy) is 2. The molecule has 0 aliphatic rings. The van der Waals surface area contributed by atoms with E-state index in [1.165, 1.54) is 0 Å². The number of hydrogen-bond acceptors (Lipinski definition) is 10. The molecular weight excluding hydrogens is 628 g/mol. The second-order valence-electron chi connectivity index (χ2n) is 8.32. The van der Waals surface area contributed by atoms with Crippen molar-refractivity contribution in [2.24, 2.45) is 0 Å². The van der Waals surface area contributed by atoms with Crippen LogP contribution in [0.5, 0.6) is 0 Å². The fourth-order valence-electron chi connectivity index (χ4n) is 3.28. The van der Waals surface area contributed by atoms with Gasteiger partial charge in [0.2, 0.25) is 0 Å². The van der Waals surface area contributed by atoms with Crippen LogP contribution in [0.25, 0.3) is 0 Å². The van der Waals surface area contributed by atoms with Gasteiger partial charge in [-0.15, -0.1) is 0 Å². The van der Waals surface area contributed by atoms with Gasteiger partial charge >= 0.3 is 29.5 Å². The number of alkyl halides is 2. The highest BCUT2D eigenvalue weighted by Crippen LogP contribution is 2.32. The number of carbonyl (C=O) groups excluding carboxylic acids is 2. The van der Waals surface area contributed by atoms with Gasteiger partial charge in [-0.1, -0.05) is 31.9 Å². The third kappa shape index (κ3) is 12.0. The van der Waals surface area contributed by atoms with Gasteiger partial charge in [0.1, 0.15) is 8.65 Å². The second kappa shape index (κ2) is 16.8. The normalized spacial score (nSPS) is 15.8. The minimum Gasteiger partial charge on any atom is -0.465 e. The molecule has 10 nitrogen and oxygen atoms in total. The molecule has 0 amide bonds. The lowest BCUT2D eigenvalue weighted by molar-refractivity contribution is -0.146. The highest BCUT2D eigenvalue weighted by Gasteiger charge is 2.39. The van der Waals surface area contributed by atoms with Crippen molar-refractivity contribution in [3.63, 3.8) is 0 Å². The summed E-state index contributed by atoms with van der Waals surface area (Å²) in [4.78, 5) is 25.1. The predicted octanol–water partition coefficient (Wildman–Crippen LogP) is 4.09. The summed E-state index contributed by atoms with van der Waals surface area (Å²) in [5.74, 6) is -0.726. The molecule has 208 valence electrons. The molecule has 0 aliphatic carbocycles. The maximum Gasteiger partial charge on any atom is 0.500 e. The molecule has 0 N–H and O–H groups in total. The average molecular weight is 671 g/mol. The fraction of sp³-hybridized carbons (Fsp3) is 0.905. The van der Waals surface area contributed by atoms with Crippen LogP contribution in [-0.4, -0.2) is 94.1 Å². The summed E-state index contributed by atoms with van der Waals surface area (Å²) in [5.41, 5.74) is 0. The molecule has 0 aromatic heterocycles. The van der Waals surface area contributed by atoms with E-state index in [0.717, 1.165) is 0 Å². The number of halogens is 2. The smallest absolute Gasteiger partial charge is 0.465 e. The van der Waals surface area contributed by atoms with E-state index >= 15 is 0 Å². The van der Waals surface area contributed by atoms with E-state index in [4.69, 9.17) is 36.0 Å². The minimum absolute atomic E-state index is 0.229. The number of carbonyl (C=O) groups is 2. The summed E-state index contributed by atoms with van der Waals surface area (Å²) in [6, 6.07) is 1.08. The first-order chi connectivity index (χ1) is 16.3. The Labute approximate surface area is 229 Å². The molecule has 0 saturated heterocycles. The molecule has 0 heterocycles. The van der Waals surface area contributed by atoms with Crippen LogP contribution in [-0.2, 0) is 45.6 Å². The maximum atomic E-state index is 12.5. The molecule has 0 spiro atoms. The van der Waals surface area contributed by atoms with E-state index in [9.17, 15) is 9.59 Å². The van der Waals surface area contributed by atoms with Gasteiger partial charge in [-0.05, 0) is 46.0 Å². The number of hydrogen-bond donors (Lipinski definition) is 0. The predicted molar refractivity (Wildman–Crippen MR) is 143 cm³/mol. The van der Waals surface area contributed by atoms with Crippen LogP contribution in [0.2, 0.25) is 12.1 Å². The van der Waals surface area contributed by atoms with Crippen LogP contribution < -0.4 is 0 Å². The standard InChI is InChI=1S/C21H42Br2O10Si2/c1-20(22,18(24)32-14-10-16-34(26-3,27-4)28-5)12-9-13-21(2,23)19(25)33-15-11-17-35(29-6,30-7)31-8/h9-17H2,1-8H3. The molecular formula is C21H42Br2O10Si2. The fourth-order valence-corrected chi connectivity index (χ4v) is 7.45. The van der Waals surface area contributed by atoms with Gasteiger partial charge < -0.3 is 36.0 Å². The van der Waals surface area contributed by atoms with Gasteiger partial charge in [0, 0.05) is 54.7 Å². The average Bonchev–Trinajstić information content (AvgIpc) is 2.84. The quantitative estimate of drug-likeness (QED) is 0.0814. The molecule has 0 aromatic rings. The Hall–Kier alpha value is 0.0938. The molecule has 14 heteroatoms. The van der Waals surface area contributed by atoms with Crippen LogP contribution in [0.4, 0.5) is 0 Å². The molecule has 35 heavy (non-hydrogen) atoms. The molecule has 0 bridgehead atoms. The monoisotopic (exact) mass is 668 g/mol. The van der Waals surface area contributed by atoms with E-state index < -0.39 is 26.3 Å². The van der Waals surface area contributed by atoms with Crippen LogP contribution >= 0.6 is 31.9 Å². The molecule has 0 aliphatic heterocycles. The molecule has 0 radical (unpaired) electrons. The van der Waals surface area contributed by atoms with E-state index in [1.54, 1.807) is 56.5 Å². The van der Waals surface area contributed by atoms with E-state index in [2.05, 4.69) is 31.9 Å². The summed E-state index contributed by atoms with van der Waals surface area (Å²) in [5, 5.41) is 0. The summed E-state index contributed by atoms with van der Waals surface area (Å²) in [6.07, 6.45) is 2.68. The maximum absolute atomic E-state index is 12.5. The Morgan fingerprint density at radius 3 is 1.14 bits per heavy atom. The summed E-state index contributed by atoms with van der Waals surface area (Å²) in [7, 11) is 3.91. The van der Waals surface area contributed by atoms with Crippen molar-refractivity contribution < 1.29 is 45.6 Å². The Kier molecular flexibility index (Phi) is 16.9. The Balaban J connectivity index is 4.44. The van der Waals surface area contributed by atoms with E-state index in [0.29, 0.717) is 44.2 Å². The van der Waals surface area contributed by atoms with Crippen molar-refractivity contribution in [1.82, 2.24) is 0 Å². The molecule has 2 atom stereocenters. The van der Waals surface area contributed by atoms with Crippen molar-refractivity contribution >= 4 is 61.4 Å². The van der Waals surface area contributed by atoms with E-state index in [1.807, 2.05) is 0 Å². The zero-order chi connectivity index (χ0) is 27.2. The van der Waals surface area contributed by atoms with Gasteiger partial charge in [-0.2, -0.15) is 0 Å². The Morgan fingerprint density at radius 2 is 0.886 bits per heavy atom. The third-order valence-corrected chi connectivity index (χ3v) is 12.8. The summed E-state index contributed by atoms with van der Waals surface area (Å²) in [6.45, 7) is 3.98. The van der Waals surface area contributed by atoms with Gasteiger partial charge in [0.15, 0.2) is 0 Å². The SMILES string of the molecule is CO[Si](CCCOC(=O)C(C)(Br)CCCC(C)(Br)C(=O)OCCC[Si](OC)(OC)OC)(OC)OC. The van der Waals surface area contributed by atoms with Crippen molar-refractivity contribution in [2.45, 2.75) is 66.7 Å². The van der Waals surface area contributed by atoms with Crippen LogP contribution in [0.15, 0.2) is 0 Å². The first kappa shape index (κ1) is 35.1. The van der Waals surface area contributed by atoms with Crippen LogP contribution in [0.1, 0.15) is 46.0 Å². The van der Waals surface area contributed by atoms with E-state index in [-0.39, 0.29) is 25.2 Å². The molecule has 2 unspecified atom stereocenters. The molecule has 0 saturated carbocycles. The molecule has 0 fully saturated rings. The van der Waals surface area contributed by atoms with Crippen LogP contribution in [0, 0.1) is 0 Å². The zero-order valence-electron chi connectivity index (χ0n) is 22.2. The Morgan fingerprint density at radius 1 is 0.600 bits per heavy atom. The first-order valence-corrected chi connectivity index (χ1v) is 16.8. The van der Waals surface area contributed by atoms with Gasteiger partial charge in [-0.3, -0.25) is 9.59 Å². The minimum atomic E-state index is -2.68. The van der Waals surface area contributed by atoms with Crippen molar-refractivity contribution in [3.8, 4) is 0 Å². The number of esters is 2. The Bertz CT molecular complexity index is 561. The summed E-state index contributed by atoms with van der Waals surface area (Å²) < 4.78 is 41.3.